The van der Waals surface area contributed by atoms with Gasteiger partial charge in [0.05, 0.1) is 13.2 Å². The van der Waals surface area contributed by atoms with Crippen molar-refractivity contribution in [3.05, 3.63) is 34.3 Å². The summed E-state index contributed by atoms with van der Waals surface area (Å²) < 4.78 is 6.66. The fourth-order valence-electron chi connectivity index (χ4n) is 2.63. The van der Waals surface area contributed by atoms with Crippen LogP contribution in [0.5, 0.6) is 0 Å². The molecule has 0 bridgehead atoms. The molecule has 0 radical (unpaired) electrons. The second kappa shape index (κ2) is 11.3. The fraction of sp³-hybridized carbons (Fsp3) is 0.588. The molecule has 1 fully saturated rings. The topological polar surface area (TPSA) is 36.9 Å². The van der Waals surface area contributed by atoms with Gasteiger partial charge >= 0.3 is 0 Å². The molecular weight excluding hydrogens is 469 g/mol. The van der Waals surface area contributed by atoms with E-state index in [1.165, 1.54) is 12.0 Å². The first-order valence-electron chi connectivity index (χ1n) is 8.08. The highest BCUT2D eigenvalue weighted by Crippen LogP contribution is 2.17. The molecule has 1 aliphatic rings. The standard InChI is InChI=1S/C17H26BrN3O.HI/c1-3-19-17(20-11-14-5-7-16(18)8-6-14)21-10-9-15(12-21)13-22-4-2;/h5-8,15H,3-4,9-13H2,1-2H3,(H,19,20);1H. The van der Waals surface area contributed by atoms with Crippen LogP contribution in [0, 0.1) is 5.92 Å². The van der Waals surface area contributed by atoms with Crippen LogP contribution >= 0.6 is 39.9 Å². The van der Waals surface area contributed by atoms with Gasteiger partial charge in [0.25, 0.3) is 0 Å². The molecule has 6 heteroatoms. The summed E-state index contributed by atoms with van der Waals surface area (Å²) in [6.07, 6.45) is 1.18. The molecule has 1 aliphatic heterocycles. The first kappa shape index (κ1) is 20.7. The lowest BCUT2D eigenvalue weighted by Gasteiger charge is -2.21. The van der Waals surface area contributed by atoms with Crippen molar-refractivity contribution in [2.75, 3.05) is 32.8 Å². The van der Waals surface area contributed by atoms with E-state index in [2.05, 4.69) is 64.3 Å². The Labute approximate surface area is 165 Å². The average molecular weight is 496 g/mol. The van der Waals surface area contributed by atoms with Gasteiger partial charge in [0, 0.05) is 36.6 Å². The lowest BCUT2D eigenvalue weighted by atomic mass is 10.1. The van der Waals surface area contributed by atoms with Crippen molar-refractivity contribution in [2.45, 2.75) is 26.8 Å². The number of benzene rings is 1. The van der Waals surface area contributed by atoms with E-state index >= 15 is 0 Å². The first-order chi connectivity index (χ1) is 10.7. The number of rotatable bonds is 6. The molecule has 1 aromatic rings. The SMILES string of the molecule is CCNC(=NCc1ccc(Br)cc1)N1CCC(COCC)C1.I. The summed E-state index contributed by atoms with van der Waals surface area (Å²) in [4.78, 5) is 7.14. The third-order valence-electron chi connectivity index (χ3n) is 3.80. The van der Waals surface area contributed by atoms with Crippen LogP contribution in [-0.2, 0) is 11.3 Å². The minimum absolute atomic E-state index is 0. The highest BCUT2D eigenvalue weighted by Gasteiger charge is 2.24. The smallest absolute Gasteiger partial charge is 0.194 e. The number of halogens is 2. The van der Waals surface area contributed by atoms with E-state index in [0.29, 0.717) is 12.5 Å². The van der Waals surface area contributed by atoms with Gasteiger partial charge < -0.3 is 15.0 Å². The Bertz CT molecular complexity index is 481. The number of guanidine groups is 1. The van der Waals surface area contributed by atoms with Gasteiger partial charge in [-0.2, -0.15) is 0 Å². The molecular formula is C17H27BrIN3O. The molecule has 0 spiro atoms. The molecule has 0 saturated carbocycles. The maximum atomic E-state index is 5.55. The zero-order valence-electron chi connectivity index (χ0n) is 13.9. The molecule has 1 saturated heterocycles. The highest BCUT2D eigenvalue weighted by atomic mass is 127. The van der Waals surface area contributed by atoms with Crippen molar-refractivity contribution in [1.82, 2.24) is 10.2 Å². The van der Waals surface area contributed by atoms with Gasteiger partial charge in [0.1, 0.15) is 0 Å². The number of hydrogen-bond donors (Lipinski definition) is 1. The van der Waals surface area contributed by atoms with Gasteiger partial charge in [0.2, 0.25) is 0 Å². The minimum Gasteiger partial charge on any atom is -0.381 e. The molecule has 0 aliphatic carbocycles. The van der Waals surface area contributed by atoms with Gasteiger partial charge in [-0.3, -0.25) is 0 Å². The maximum Gasteiger partial charge on any atom is 0.194 e. The third kappa shape index (κ3) is 6.97. The third-order valence-corrected chi connectivity index (χ3v) is 4.33. The predicted molar refractivity (Wildman–Crippen MR) is 111 cm³/mol. The summed E-state index contributed by atoms with van der Waals surface area (Å²) in [5.41, 5.74) is 1.23. The Morgan fingerprint density at radius 2 is 2.09 bits per heavy atom. The van der Waals surface area contributed by atoms with Gasteiger partial charge in [-0.05, 0) is 38.0 Å². The van der Waals surface area contributed by atoms with Crippen molar-refractivity contribution < 1.29 is 4.74 Å². The molecule has 23 heavy (non-hydrogen) atoms. The van der Waals surface area contributed by atoms with Crippen molar-refractivity contribution in [1.29, 1.82) is 0 Å². The zero-order valence-corrected chi connectivity index (χ0v) is 17.8. The van der Waals surface area contributed by atoms with Crippen LogP contribution in [0.15, 0.2) is 33.7 Å². The van der Waals surface area contributed by atoms with Gasteiger partial charge in [-0.1, -0.05) is 28.1 Å². The minimum atomic E-state index is 0. The molecule has 1 unspecified atom stereocenters. The van der Waals surface area contributed by atoms with Crippen LogP contribution in [-0.4, -0.2) is 43.7 Å². The normalized spacial score (nSPS) is 18.0. The summed E-state index contributed by atoms with van der Waals surface area (Å²) in [7, 11) is 0. The Hall–Kier alpha value is -0.340. The van der Waals surface area contributed by atoms with Crippen molar-refractivity contribution in [3.8, 4) is 0 Å². The van der Waals surface area contributed by atoms with Gasteiger partial charge in [0.15, 0.2) is 5.96 Å². The molecule has 0 aromatic heterocycles. The van der Waals surface area contributed by atoms with E-state index in [1.54, 1.807) is 0 Å². The lowest BCUT2D eigenvalue weighted by Crippen LogP contribution is -2.40. The molecule has 1 aromatic carbocycles. The van der Waals surface area contributed by atoms with E-state index in [0.717, 1.165) is 43.3 Å². The largest absolute Gasteiger partial charge is 0.381 e. The number of hydrogen-bond acceptors (Lipinski definition) is 2. The van der Waals surface area contributed by atoms with Crippen LogP contribution in [0.4, 0.5) is 0 Å². The van der Waals surface area contributed by atoms with Crippen molar-refractivity contribution in [3.63, 3.8) is 0 Å². The Morgan fingerprint density at radius 1 is 1.35 bits per heavy atom. The van der Waals surface area contributed by atoms with Crippen molar-refractivity contribution >= 4 is 45.9 Å². The highest BCUT2D eigenvalue weighted by molar-refractivity contribution is 14.0. The summed E-state index contributed by atoms with van der Waals surface area (Å²) in [6.45, 7) is 9.52. The Kier molecular flexibility index (Phi) is 10.1. The molecule has 1 atom stereocenters. The second-order valence-electron chi connectivity index (χ2n) is 5.56. The fourth-order valence-corrected chi connectivity index (χ4v) is 2.89. The quantitative estimate of drug-likeness (QED) is 0.369. The monoisotopic (exact) mass is 495 g/mol. The number of nitrogens with one attached hydrogen (secondary N) is 1. The summed E-state index contributed by atoms with van der Waals surface area (Å²) >= 11 is 3.46. The number of likely N-dealkylation sites (tertiary alicyclic amines) is 1. The Balaban J connectivity index is 0.00000264. The van der Waals surface area contributed by atoms with E-state index in [9.17, 15) is 0 Å². The van der Waals surface area contributed by atoms with Crippen LogP contribution in [0.3, 0.4) is 0 Å². The van der Waals surface area contributed by atoms with Crippen molar-refractivity contribution in [2.24, 2.45) is 10.9 Å². The molecule has 1 heterocycles. The number of ether oxygens (including phenoxy) is 1. The first-order valence-corrected chi connectivity index (χ1v) is 8.87. The molecule has 1 N–H and O–H groups in total. The molecule has 130 valence electrons. The summed E-state index contributed by atoms with van der Waals surface area (Å²) in [6, 6.07) is 8.34. The van der Waals surface area contributed by atoms with E-state index < -0.39 is 0 Å². The molecule has 4 nitrogen and oxygen atoms in total. The summed E-state index contributed by atoms with van der Waals surface area (Å²) in [5.74, 6) is 1.64. The van der Waals surface area contributed by atoms with E-state index in [-0.39, 0.29) is 24.0 Å². The average Bonchev–Trinajstić information content (AvgIpc) is 2.99. The van der Waals surface area contributed by atoms with Crippen LogP contribution in [0.1, 0.15) is 25.8 Å². The summed E-state index contributed by atoms with van der Waals surface area (Å²) in [5, 5.41) is 3.41. The Morgan fingerprint density at radius 3 is 2.74 bits per heavy atom. The maximum absolute atomic E-state index is 5.55. The second-order valence-corrected chi connectivity index (χ2v) is 6.47. The molecule has 2 rings (SSSR count). The molecule has 0 amide bonds. The van der Waals surface area contributed by atoms with E-state index in [1.807, 2.05) is 0 Å². The zero-order chi connectivity index (χ0) is 15.8. The van der Waals surface area contributed by atoms with Gasteiger partial charge in [-0.25, -0.2) is 4.99 Å². The van der Waals surface area contributed by atoms with Crippen LogP contribution in [0.2, 0.25) is 0 Å². The van der Waals surface area contributed by atoms with Crippen LogP contribution in [0.25, 0.3) is 0 Å². The van der Waals surface area contributed by atoms with Crippen LogP contribution < -0.4 is 5.32 Å². The number of aliphatic imine (C=N–C) groups is 1. The van der Waals surface area contributed by atoms with E-state index in [4.69, 9.17) is 9.73 Å². The number of nitrogens with zero attached hydrogens (tertiary/aromatic N) is 2. The lowest BCUT2D eigenvalue weighted by molar-refractivity contribution is 0.114. The van der Waals surface area contributed by atoms with Gasteiger partial charge in [-0.15, -0.1) is 24.0 Å². The predicted octanol–water partition coefficient (Wildman–Crippen LogP) is 3.89.